The van der Waals surface area contributed by atoms with Crippen LogP contribution in [0.2, 0.25) is 0 Å². The third-order valence-corrected chi connectivity index (χ3v) is 4.55. The number of H-pyrrole nitrogens is 1. The van der Waals surface area contributed by atoms with E-state index >= 15 is 0 Å². The molecule has 7 nitrogen and oxygen atoms in total. The Balaban J connectivity index is 1.80. The van der Waals surface area contributed by atoms with Crippen LogP contribution in [-0.4, -0.2) is 40.9 Å². The van der Waals surface area contributed by atoms with Crippen LogP contribution in [0, 0.1) is 0 Å². The Hall–Kier alpha value is -2.83. The fourth-order valence-electron chi connectivity index (χ4n) is 3.42. The maximum absolute atomic E-state index is 5.58. The maximum Gasteiger partial charge on any atom is 0.160 e. The summed E-state index contributed by atoms with van der Waals surface area (Å²) in [7, 11) is 3.38. The average molecular weight is 325 g/mol. The van der Waals surface area contributed by atoms with Crippen LogP contribution in [-0.2, 0) is 0 Å². The van der Waals surface area contributed by atoms with Gasteiger partial charge in [-0.25, -0.2) is 9.97 Å². The molecule has 3 heterocycles. The number of fused-ring (bicyclic) bond motifs is 1. The van der Waals surface area contributed by atoms with Crippen molar-refractivity contribution in [3.8, 4) is 11.5 Å². The van der Waals surface area contributed by atoms with Gasteiger partial charge in [0.05, 0.1) is 31.8 Å². The highest BCUT2D eigenvalue weighted by molar-refractivity contribution is 5.86. The van der Waals surface area contributed by atoms with E-state index in [-0.39, 0.29) is 6.04 Å². The third kappa shape index (κ3) is 2.33. The molecule has 1 aromatic carbocycles. The molecule has 0 bridgehead atoms. The first-order valence-electron chi connectivity index (χ1n) is 7.94. The Morgan fingerprint density at radius 1 is 1.21 bits per heavy atom. The number of hydrogen-bond acceptors (Lipinski definition) is 6. The van der Waals surface area contributed by atoms with Crippen molar-refractivity contribution in [3.63, 3.8) is 0 Å². The zero-order chi connectivity index (χ0) is 16.5. The van der Waals surface area contributed by atoms with Crippen LogP contribution >= 0.6 is 0 Å². The topological polar surface area (TPSA) is 76.2 Å². The molecule has 24 heavy (non-hydrogen) atoms. The summed E-state index contributed by atoms with van der Waals surface area (Å²) in [6, 6.07) is 6.11. The highest BCUT2D eigenvalue weighted by atomic mass is 16.5. The summed E-state index contributed by atoms with van der Waals surface area (Å²) in [4.78, 5) is 11.1. The second kappa shape index (κ2) is 5.99. The Morgan fingerprint density at radius 2 is 2.12 bits per heavy atom. The molecule has 7 heteroatoms. The van der Waals surface area contributed by atoms with Crippen molar-refractivity contribution < 1.29 is 9.47 Å². The largest absolute Gasteiger partial charge is 0.497 e. The minimum atomic E-state index is 0.183. The molecule has 3 aromatic rings. The number of anilines is 1. The van der Waals surface area contributed by atoms with Gasteiger partial charge in [0, 0.05) is 12.1 Å². The van der Waals surface area contributed by atoms with Gasteiger partial charge in [-0.05, 0) is 31.0 Å². The van der Waals surface area contributed by atoms with E-state index in [2.05, 4.69) is 31.1 Å². The van der Waals surface area contributed by atoms with Gasteiger partial charge in [-0.1, -0.05) is 0 Å². The summed E-state index contributed by atoms with van der Waals surface area (Å²) in [5.41, 5.74) is 1.87. The van der Waals surface area contributed by atoms with Gasteiger partial charge < -0.3 is 14.4 Å². The summed E-state index contributed by atoms with van der Waals surface area (Å²) in [6.07, 6.45) is 5.48. The Morgan fingerprint density at radius 3 is 2.96 bits per heavy atom. The van der Waals surface area contributed by atoms with Crippen molar-refractivity contribution >= 4 is 16.9 Å². The molecule has 1 aliphatic heterocycles. The van der Waals surface area contributed by atoms with Crippen LogP contribution in [0.5, 0.6) is 11.5 Å². The minimum Gasteiger partial charge on any atom is -0.497 e. The summed E-state index contributed by atoms with van der Waals surface area (Å²) < 4.78 is 11.0. The monoisotopic (exact) mass is 325 g/mol. The number of aromatic nitrogens is 4. The molecule has 124 valence electrons. The van der Waals surface area contributed by atoms with Gasteiger partial charge in [-0.15, -0.1) is 0 Å². The lowest BCUT2D eigenvalue weighted by Crippen LogP contribution is -2.24. The number of rotatable bonds is 4. The van der Waals surface area contributed by atoms with Crippen molar-refractivity contribution in [2.24, 2.45) is 0 Å². The van der Waals surface area contributed by atoms with Crippen LogP contribution in [0.4, 0.5) is 5.82 Å². The van der Waals surface area contributed by atoms with Gasteiger partial charge in [0.2, 0.25) is 0 Å². The van der Waals surface area contributed by atoms with Crippen molar-refractivity contribution in [2.75, 3.05) is 25.7 Å². The predicted molar refractivity (Wildman–Crippen MR) is 90.6 cm³/mol. The molecule has 1 saturated heterocycles. The fraction of sp³-hybridized carbons (Fsp3) is 0.353. The standard InChI is InChI=1S/C17H19N5O2/c1-23-11-5-6-15(24-2)12(8-11)14-4-3-7-22(14)17-13-9-20-21-16(13)18-10-19-17/h5-6,8-10,14H,3-4,7H2,1-2H3,(H,18,19,20,21). The fourth-order valence-corrected chi connectivity index (χ4v) is 3.42. The van der Waals surface area contributed by atoms with Gasteiger partial charge in [-0.3, -0.25) is 5.10 Å². The number of methoxy groups -OCH3 is 2. The van der Waals surface area contributed by atoms with Gasteiger partial charge in [-0.2, -0.15) is 5.10 Å². The zero-order valence-electron chi connectivity index (χ0n) is 13.7. The molecule has 1 fully saturated rings. The molecule has 0 amide bonds. The number of nitrogens with zero attached hydrogens (tertiary/aromatic N) is 4. The van der Waals surface area contributed by atoms with Gasteiger partial charge in [0.15, 0.2) is 5.65 Å². The van der Waals surface area contributed by atoms with Crippen LogP contribution < -0.4 is 14.4 Å². The number of nitrogens with one attached hydrogen (secondary N) is 1. The predicted octanol–water partition coefficient (Wildman–Crippen LogP) is 2.71. The van der Waals surface area contributed by atoms with Gasteiger partial charge in [0.1, 0.15) is 23.6 Å². The first-order chi connectivity index (χ1) is 11.8. The maximum atomic E-state index is 5.58. The van der Waals surface area contributed by atoms with Crippen molar-refractivity contribution in [1.29, 1.82) is 0 Å². The van der Waals surface area contributed by atoms with E-state index in [1.165, 1.54) is 0 Å². The number of benzene rings is 1. The smallest absolute Gasteiger partial charge is 0.160 e. The number of hydrogen-bond donors (Lipinski definition) is 1. The van der Waals surface area contributed by atoms with Crippen molar-refractivity contribution in [1.82, 2.24) is 20.2 Å². The Kier molecular flexibility index (Phi) is 3.68. The number of aromatic amines is 1. The molecule has 1 N–H and O–H groups in total. The Bertz CT molecular complexity index is 863. The summed E-state index contributed by atoms with van der Waals surface area (Å²) in [6.45, 7) is 0.933. The third-order valence-electron chi connectivity index (χ3n) is 4.55. The van der Waals surface area contributed by atoms with Gasteiger partial charge in [0.25, 0.3) is 0 Å². The average Bonchev–Trinajstić information content (AvgIpc) is 3.29. The molecule has 2 aromatic heterocycles. The lowest BCUT2D eigenvalue weighted by molar-refractivity contribution is 0.395. The quantitative estimate of drug-likeness (QED) is 0.795. The second-order valence-corrected chi connectivity index (χ2v) is 5.79. The number of ether oxygens (including phenoxy) is 2. The van der Waals surface area contributed by atoms with E-state index in [1.54, 1.807) is 26.7 Å². The lowest BCUT2D eigenvalue weighted by atomic mass is 10.0. The van der Waals surface area contributed by atoms with Crippen LogP contribution in [0.15, 0.2) is 30.7 Å². The molecule has 1 unspecified atom stereocenters. The molecular weight excluding hydrogens is 306 g/mol. The van der Waals surface area contributed by atoms with E-state index < -0.39 is 0 Å². The molecule has 0 radical (unpaired) electrons. The molecule has 0 aliphatic carbocycles. The summed E-state index contributed by atoms with van der Waals surface area (Å²) >= 11 is 0. The highest BCUT2D eigenvalue weighted by Gasteiger charge is 2.31. The Labute approximate surface area is 139 Å². The van der Waals surface area contributed by atoms with E-state index in [0.29, 0.717) is 0 Å². The normalized spacial score (nSPS) is 17.4. The van der Waals surface area contributed by atoms with Crippen molar-refractivity contribution in [3.05, 3.63) is 36.3 Å². The molecule has 1 aliphatic rings. The first kappa shape index (κ1) is 14.7. The molecule has 0 saturated carbocycles. The van der Waals surface area contributed by atoms with E-state index in [9.17, 15) is 0 Å². The summed E-state index contributed by atoms with van der Waals surface area (Å²) in [5, 5.41) is 7.94. The second-order valence-electron chi connectivity index (χ2n) is 5.79. The molecule has 1 atom stereocenters. The van der Waals surface area contributed by atoms with Crippen LogP contribution in [0.3, 0.4) is 0 Å². The lowest BCUT2D eigenvalue weighted by Gasteiger charge is -2.27. The van der Waals surface area contributed by atoms with E-state index in [4.69, 9.17) is 9.47 Å². The first-order valence-corrected chi connectivity index (χ1v) is 7.94. The molecular formula is C17H19N5O2. The van der Waals surface area contributed by atoms with Crippen LogP contribution in [0.25, 0.3) is 11.0 Å². The van der Waals surface area contributed by atoms with E-state index in [0.717, 1.165) is 53.3 Å². The van der Waals surface area contributed by atoms with Crippen molar-refractivity contribution in [2.45, 2.75) is 18.9 Å². The zero-order valence-corrected chi connectivity index (χ0v) is 13.7. The molecule has 0 spiro atoms. The van der Waals surface area contributed by atoms with Gasteiger partial charge >= 0.3 is 0 Å². The highest BCUT2D eigenvalue weighted by Crippen LogP contribution is 2.41. The van der Waals surface area contributed by atoms with Crippen LogP contribution in [0.1, 0.15) is 24.4 Å². The minimum absolute atomic E-state index is 0.183. The SMILES string of the molecule is COc1ccc(OC)c(C2CCCN2c2ncnc3[nH]ncc23)c1. The van der Waals surface area contributed by atoms with E-state index in [1.807, 2.05) is 12.1 Å². The molecule has 4 rings (SSSR count). The summed E-state index contributed by atoms with van der Waals surface area (Å²) in [5.74, 6) is 2.60.